The highest BCUT2D eigenvalue weighted by Crippen LogP contribution is 2.16. The number of sulfone groups is 1. The molecule has 0 saturated carbocycles. The van der Waals surface area contributed by atoms with Crippen LogP contribution in [0.25, 0.3) is 0 Å². The molecule has 112 valence electrons. The first-order chi connectivity index (χ1) is 9.36. The van der Waals surface area contributed by atoms with Crippen LogP contribution in [-0.4, -0.2) is 44.8 Å². The van der Waals surface area contributed by atoms with Gasteiger partial charge in [-0.2, -0.15) is 11.8 Å². The third kappa shape index (κ3) is 5.32. The summed E-state index contributed by atoms with van der Waals surface area (Å²) in [6, 6.07) is 5.29. The van der Waals surface area contributed by atoms with Crippen LogP contribution in [-0.2, 0) is 19.4 Å². The van der Waals surface area contributed by atoms with Crippen LogP contribution >= 0.6 is 23.4 Å². The number of benzene rings is 1. The van der Waals surface area contributed by atoms with Gasteiger partial charge in [-0.25, -0.2) is 8.42 Å². The monoisotopic (exact) mass is 337 g/mol. The van der Waals surface area contributed by atoms with Crippen LogP contribution in [0.1, 0.15) is 0 Å². The maximum absolute atomic E-state index is 12.0. The number of esters is 1. The molecule has 8 heteroatoms. The molecule has 20 heavy (non-hydrogen) atoms. The van der Waals surface area contributed by atoms with E-state index in [4.69, 9.17) is 17.3 Å². The summed E-state index contributed by atoms with van der Waals surface area (Å²) in [5, 5.41) is 0.488. The first-order valence-electron chi connectivity index (χ1n) is 5.76. The lowest BCUT2D eigenvalue weighted by Gasteiger charge is -2.09. The predicted octanol–water partition coefficient (Wildman–Crippen LogP) is 1.35. The highest BCUT2D eigenvalue weighted by molar-refractivity contribution is 8.00. The van der Waals surface area contributed by atoms with Crippen molar-refractivity contribution < 1.29 is 17.9 Å². The molecular formula is C12H16ClNO4S2. The number of hydrogen-bond acceptors (Lipinski definition) is 6. The van der Waals surface area contributed by atoms with E-state index in [1.807, 2.05) is 0 Å². The molecule has 0 fully saturated rings. The quantitative estimate of drug-likeness (QED) is 0.597. The Labute approximate surface area is 127 Å². The summed E-state index contributed by atoms with van der Waals surface area (Å²) in [5.74, 6) is 0.157. The van der Waals surface area contributed by atoms with E-state index in [9.17, 15) is 13.2 Å². The predicted molar refractivity (Wildman–Crippen MR) is 80.8 cm³/mol. The Bertz CT molecular complexity index is 545. The van der Waals surface area contributed by atoms with Crippen molar-refractivity contribution in [3.8, 4) is 0 Å². The smallest absolute Gasteiger partial charge is 0.323 e. The van der Waals surface area contributed by atoms with Crippen molar-refractivity contribution >= 4 is 39.2 Å². The molecule has 0 aromatic heterocycles. The van der Waals surface area contributed by atoms with Crippen LogP contribution in [0.2, 0.25) is 5.02 Å². The molecule has 0 aliphatic carbocycles. The normalized spacial score (nSPS) is 12.9. The average molecular weight is 338 g/mol. The maximum atomic E-state index is 12.0. The van der Waals surface area contributed by atoms with E-state index in [2.05, 4.69) is 4.74 Å². The zero-order valence-corrected chi connectivity index (χ0v) is 13.3. The zero-order valence-electron chi connectivity index (χ0n) is 10.9. The number of nitrogens with two attached hydrogens (primary N) is 1. The van der Waals surface area contributed by atoms with Crippen molar-refractivity contribution in [3.05, 3.63) is 29.3 Å². The van der Waals surface area contributed by atoms with E-state index in [1.54, 1.807) is 0 Å². The highest BCUT2D eigenvalue weighted by Gasteiger charge is 2.16. The van der Waals surface area contributed by atoms with Crippen molar-refractivity contribution in [3.63, 3.8) is 0 Å². The van der Waals surface area contributed by atoms with E-state index < -0.39 is 21.8 Å². The van der Waals surface area contributed by atoms with Crippen molar-refractivity contribution in [2.24, 2.45) is 5.73 Å². The summed E-state index contributed by atoms with van der Waals surface area (Å²) in [6.45, 7) is 0. The number of hydrogen-bond donors (Lipinski definition) is 1. The van der Waals surface area contributed by atoms with Crippen LogP contribution in [0.5, 0.6) is 0 Å². The molecule has 1 unspecified atom stereocenters. The minimum absolute atomic E-state index is 0.0206. The van der Waals surface area contributed by atoms with E-state index in [0.29, 0.717) is 16.5 Å². The van der Waals surface area contributed by atoms with Crippen molar-refractivity contribution in [1.29, 1.82) is 0 Å². The van der Waals surface area contributed by atoms with Gasteiger partial charge in [0.1, 0.15) is 6.04 Å². The fraction of sp³-hybridized carbons (Fsp3) is 0.417. The number of thioether (sulfide) groups is 1. The summed E-state index contributed by atoms with van der Waals surface area (Å²) in [4.78, 5) is 11.3. The topological polar surface area (TPSA) is 86.5 Å². The van der Waals surface area contributed by atoms with E-state index in [-0.39, 0.29) is 10.6 Å². The molecule has 1 aromatic rings. The second-order valence-corrected chi connectivity index (χ2v) is 7.67. The van der Waals surface area contributed by atoms with Crippen LogP contribution < -0.4 is 5.73 Å². The molecule has 5 nitrogen and oxygen atoms in total. The number of methoxy groups -OCH3 is 1. The van der Waals surface area contributed by atoms with Gasteiger partial charge < -0.3 is 10.5 Å². The standard InChI is InChI=1S/C12H16ClNO4S2/c1-18-12(15)11(14)8-19-6-7-20(16,17)10-4-2-9(13)3-5-10/h2-5,11H,6-8,14H2,1H3. The molecule has 0 aliphatic rings. The summed E-state index contributed by atoms with van der Waals surface area (Å²) in [7, 11) is -2.08. The van der Waals surface area contributed by atoms with Gasteiger partial charge in [-0.3, -0.25) is 4.79 Å². The SMILES string of the molecule is COC(=O)C(N)CSCCS(=O)(=O)c1ccc(Cl)cc1. The lowest BCUT2D eigenvalue weighted by Crippen LogP contribution is -2.34. The molecule has 1 aromatic carbocycles. The molecule has 2 N–H and O–H groups in total. The minimum Gasteiger partial charge on any atom is -0.468 e. The summed E-state index contributed by atoms with van der Waals surface area (Å²) in [6.07, 6.45) is 0. The first kappa shape index (κ1) is 17.3. The molecule has 0 spiro atoms. The van der Waals surface area contributed by atoms with Gasteiger partial charge in [0.2, 0.25) is 0 Å². The fourth-order valence-corrected chi connectivity index (χ4v) is 4.18. The average Bonchev–Trinajstić information content (AvgIpc) is 2.43. The molecule has 0 radical (unpaired) electrons. The van der Waals surface area contributed by atoms with Gasteiger partial charge in [-0.15, -0.1) is 0 Å². The first-order valence-corrected chi connectivity index (χ1v) is 8.95. The number of carbonyl (C=O) groups excluding carboxylic acids is 1. The third-order valence-corrected chi connectivity index (χ3v) is 5.80. The summed E-state index contributed by atoms with van der Waals surface area (Å²) >= 11 is 7.01. The number of carbonyl (C=O) groups is 1. The Kier molecular flexibility index (Phi) is 6.81. The van der Waals surface area contributed by atoms with Gasteiger partial charge in [0.05, 0.1) is 17.8 Å². The third-order valence-electron chi connectivity index (χ3n) is 2.47. The van der Waals surface area contributed by atoms with Gasteiger partial charge in [0, 0.05) is 16.5 Å². The number of halogens is 1. The molecule has 1 atom stereocenters. The summed E-state index contributed by atoms with van der Waals surface area (Å²) < 4.78 is 28.5. The molecule has 0 saturated heterocycles. The molecule has 0 heterocycles. The molecular weight excluding hydrogens is 322 g/mol. The Balaban J connectivity index is 2.45. The van der Waals surface area contributed by atoms with E-state index in [0.717, 1.165) is 0 Å². The van der Waals surface area contributed by atoms with Crippen LogP contribution in [0.3, 0.4) is 0 Å². The van der Waals surface area contributed by atoms with E-state index in [1.165, 1.54) is 43.1 Å². The van der Waals surface area contributed by atoms with Gasteiger partial charge in [0.15, 0.2) is 9.84 Å². The van der Waals surface area contributed by atoms with Crippen molar-refractivity contribution in [1.82, 2.24) is 0 Å². The number of rotatable bonds is 7. The minimum atomic E-state index is -3.34. The van der Waals surface area contributed by atoms with Crippen molar-refractivity contribution in [2.45, 2.75) is 10.9 Å². The Morgan fingerprint density at radius 2 is 2.00 bits per heavy atom. The zero-order chi connectivity index (χ0) is 15.2. The van der Waals surface area contributed by atoms with Crippen LogP contribution in [0, 0.1) is 0 Å². The lowest BCUT2D eigenvalue weighted by atomic mass is 10.4. The highest BCUT2D eigenvalue weighted by atomic mass is 35.5. The molecule has 0 bridgehead atoms. The van der Waals surface area contributed by atoms with E-state index >= 15 is 0 Å². The Morgan fingerprint density at radius 3 is 2.55 bits per heavy atom. The van der Waals surface area contributed by atoms with Gasteiger partial charge in [-0.05, 0) is 24.3 Å². The second-order valence-electron chi connectivity index (χ2n) is 3.98. The van der Waals surface area contributed by atoms with Gasteiger partial charge in [0.25, 0.3) is 0 Å². The molecule has 0 aliphatic heterocycles. The fourth-order valence-electron chi connectivity index (χ4n) is 1.36. The second kappa shape index (κ2) is 7.87. The Hall–Kier alpha value is -0.760. The maximum Gasteiger partial charge on any atom is 0.323 e. The number of ether oxygens (including phenoxy) is 1. The Morgan fingerprint density at radius 1 is 1.40 bits per heavy atom. The lowest BCUT2D eigenvalue weighted by molar-refractivity contribution is -0.141. The molecule has 0 amide bonds. The van der Waals surface area contributed by atoms with Gasteiger partial charge in [-0.1, -0.05) is 11.6 Å². The largest absolute Gasteiger partial charge is 0.468 e. The summed E-state index contributed by atoms with van der Waals surface area (Å²) in [5.41, 5.74) is 5.55. The van der Waals surface area contributed by atoms with Gasteiger partial charge >= 0.3 is 5.97 Å². The van der Waals surface area contributed by atoms with Crippen LogP contribution in [0.15, 0.2) is 29.2 Å². The molecule has 1 rings (SSSR count). The van der Waals surface area contributed by atoms with Crippen LogP contribution in [0.4, 0.5) is 0 Å². The van der Waals surface area contributed by atoms with Crippen molar-refractivity contribution in [2.75, 3.05) is 24.4 Å².